The number of fused-ring (bicyclic) bond motifs is 1. The summed E-state index contributed by atoms with van der Waals surface area (Å²) in [5.41, 5.74) is 8.99. The summed E-state index contributed by atoms with van der Waals surface area (Å²) in [6, 6.07) is 15.2. The molecule has 0 radical (unpaired) electrons. The smallest absolute Gasteiger partial charge is 0.0708 e. The Kier molecular flexibility index (Phi) is 3.50. The molecule has 2 aliphatic carbocycles. The molecular weight excluding hydrogens is 254 g/mol. The Morgan fingerprint density at radius 2 is 1.67 bits per heavy atom. The molecule has 0 saturated heterocycles. The lowest BCUT2D eigenvalue weighted by atomic mass is 9.99. The van der Waals surface area contributed by atoms with Crippen molar-refractivity contribution >= 4 is 0 Å². The maximum absolute atomic E-state index is 4.53. The van der Waals surface area contributed by atoms with Gasteiger partial charge in [-0.2, -0.15) is 0 Å². The Morgan fingerprint density at radius 1 is 0.857 bits per heavy atom. The van der Waals surface area contributed by atoms with E-state index in [2.05, 4.69) is 63.0 Å². The van der Waals surface area contributed by atoms with Gasteiger partial charge in [-0.1, -0.05) is 38.1 Å². The van der Waals surface area contributed by atoms with Gasteiger partial charge in [0.2, 0.25) is 0 Å². The third-order valence-corrected chi connectivity index (χ3v) is 4.16. The highest BCUT2D eigenvalue weighted by molar-refractivity contribution is 5.89. The second-order valence-electron chi connectivity index (χ2n) is 6.06. The van der Waals surface area contributed by atoms with Gasteiger partial charge >= 0.3 is 0 Å². The number of hydrogen-bond donors (Lipinski definition) is 0. The number of rotatable bonds is 2. The number of nitrogens with zero attached hydrogens (tertiary/aromatic N) is 1. The van der Waals surface area contributed by atoms with Crippen molar-refractivity contribution in [2.75, 3.05) is 0 Å². The monoisotopic (exact) mass is 275 g/mol. The van der Waals surface area contributed by atoms with Crippen LogP contribution in [0.3, 0.4) is 0 Å². The zero-order valence-electron chi connectivity index (χ0n) is 13.1. The van der Waals surface area contributed by atoms with E-state index >= 15 is 0 Å². The fourth-order valence-electron chi connectivity index (χ4n) is 2.92. The average molecular weight is 275 g/mol. The van der Waals surface area contributed by atoms with Crippen LogP contribution in [0.25, 0.3) is 22.4 Å². The fraction of sp³-hybridized carbons (Fsp3) is 0.250. The number of aromatic nitrogens is 1. The lowest BCUT2D eigenvalue weighted by Gasteiger charge is -2.05. The number of hydrogen-bond acceptors (Lipinski definition) is 1. The largest absolute Gasteiger partial charge is 0.256 e. The highest BCUT2D eigenvalue weighted by Gasteiger charge is 2.17. The molecule has 0 N–H and O–H groups in total. The molecule has 0 aromatic carbocycles. The second-order valence-corrected chi connectivity index (χ2v) is 6.06. The second kappa shape index (κ2) is 5.33. The molecule has 1 aromatic heterocycles. The van der Waals surface area contributed by atoms with Gasteiger partial charge in [-0.15, -0.1) is 0 Å². The summed E-state index contributed by atoms with van der Waals surface area (Å²) in [5, 5.41) is 0. The summed E-state index contributed by atoms with van der Waals surface area (Å²) in [5.74, 6) is 0.535. The van der Waals surface area contributed by atoms with Crippen molar-refractivity contribution in [1.29, 1.82) is 0 Å². The first kappa shape index (κ1) is 13.8. The highest BCUT2D eigenvalue weighted by atomic mass is 14.7. The summed E-state index contributed by atoms with van der Waals surface area (Å²) in [6.45, 7) is 8.87. The molecule has 0 atom stereocenters. The van der Waals surface area contributed by atoms with Gasteiger partial charge in [0.25, 0.3) is 0 Å². The minimum atomic E-state index is 0.535. The van der Waals surface area contributed by atoms with Crippen LogP contribution in [0.5, 0.6) is 0 Å². The number of aryl methyl sites for hydroxylation is 2. The van der Waals surface area contributed by atoms with E-state index in [0.717, 1.165) is 5.69 Å². The molecule has 0 saturated carbocycles. The lowest BCUT2D eigenvalue weighted by molar-refractivity contribution is 0.868. The summed E-state index contributed by atoms with van der Waals surface area (Å²) in [7, 11) is 0. The van der Waals surface area contributed by atoms with Crippen molar-refractivity contribution in [3.63, 3.8) is 0 Å². The van der Waals surface area contributed by atoms with Gasteiger partial charge in [-0.05, 0) is 65.8 Å². The predicted molar refractivity (Wildman–Crippen MR) is 89.9 cm³/mol. The Bertz CT molecular complexity index is 741. The minimum absolute atomic E-state index is 0.535. The van der Waals surface area contributed by atoms with E-state index in [0.29, 0.717) is 5.92 Å². The molecule has 1 aromatic rings. The van der Waals surface area contributed by atoms with E-state index in [-0.39, 0.29) is 0 Å². The normalized spacial score (nSPS) is 11.3. The summed E-state index contributed by atoms with van der Waals surface area (Å²) in [4.78, 5) is 4.53. The zero-order valence-corrected chi connectivity index (χ0v) is 13.1. The molecule has 0 aliphatic heterocycles. The molecule has 1 heteroatoms. The first-order valence-corrected chi connectivity index (χ1v) is 7.53. The van der Waals surface area contributed by atoms with Crippen LogP contribution < -0.4 is 0 Å². The van der Waals surface area contributed by atoms with Crippen LogP contribution in [0.1, 0.15) is 36.5 Å². The van der Waals surface area contributed by atoms with Crippen LogP contribution in [-0.4, -0.2) is 4.98 Å². The standard InChI is InChI=1S/C20H21N/c1-13(2)16-9-8-14(3)20-17(12-16)15(4)11-18(20)19-7-5-6-10-21-19/h5-13H,1-4H3. The molecule has 0 unspecified atom stereocenters. The van der Waals surface area contributed by atoms with E-state index in [1.165, 1.54) is 33.4 Å². The van der Waals surface area contributed by atoms with Crippen LogP contribution in [0, 0.1) is 13.8 Å². The van der Waals surface area contributed by atoms with Crippen molar-refractivity contribution < 1.29 is 0 Å². The molecule has 0 bridgehead atoms. The third kappa shape index (κ3) is 2.44. The van der Waals surface area contributed by atoms with Crippen molar-refractivity contribution in [3.05, 3.63) is 65.4 Å². The molecule has 106 valence electrons. The fourth-order valence-corrected chi connectivity index (χ4v) is 2.92. The Balaban J connectivity index is 2.29. The first-order valence-electron chi connectivity index (χ1n) is 7.53. The maximum Gasteiger partial charge on any atom is 0.0708 e. The van der Waals surface area contributed by atoms with Crippen LogP contribution in [-0.2, 0) is 0 Å². The first-order chi connectivity index (χ1) is 10.1. The molecular formula is C20H21N. The zero-order chi connectivity index (χ0) is 15.0. The molecule has 0 spiro atoms. The molecule has 3 rings (SSSR count). The van der Waals surface area contributed by atoms with Crippen LogP contribution in [0.2, 0.25) is 0 Å². The van der Waals surface area contributed by atoms with Crippen LogP contribution in [0.15, 0.2) is 48.7 Å². The van der Waals surface area contributed by atoms with Gasteiger partial charge in [0.05, 0.1) is 5.69 Å². The minimum Gasteiger partial charge on any atom is -0.256 e. The quantitative estimate of drug-likeness (QED) is 0.593. The SMILES string of the molecule is Cc1cc(-c2ccccn2)c2c(C)ccc(C(C)C)cc1-2. The van der Waals surface area contributed by atoms with Crippen molar-refractivity contribution in [3.8, 4) is 22.4 Å². The van der Waals surface area contributed by atoms with Crippen LogP contribution >= 0.6 is 0 Å². The lowest BCUT2D eigenvalue weighted by Crippen LogP contribution is -1.85. The molecule has 21 heavy (non-hydrogen) atoms. The van der Waals surface area contributed by atoms with Gasteiger partial charge in [0, 0.05) is 11.8 Å². The number of pyridine rings is 1. The Morgan fingerprint density at radius 3 is 2.33 bits per heavy atom. The van der Waals surface area contributed by atoms with Crippen LogP contribution in [0.4, 0.5) is 0 Å². The molecule has 2 aliphatic rings. The van der Waals surface area contributed by atoms with Gasteiger partial charge in [-0.25, -0.2) is 0 Å². The molecule has 0 amide bonds. The van der Waals surface area contributed by atoms with Gasteiger partial charge in [0.1, 0.15) is 0 Å². The summed E-state index contributed by atoms with van der Waals surface area (Å²) < 4.78 is 0. The van der Waals surface area contributed by atoms with Gasteiger partial charge < -0.3 is 0 Å². The molecule has 1 heterocycles. The topological polar surface area (TPSA) is 12.9 Å². The van der Waals surface area contributed by atoms with E-state index < -0.39 is 0 Å². The third-order valence-electron chi connectivity index (χ3n) is 4.16. The summed E-state index contributed by atoms with van der Waals surface area (Å²) >= 11 is 0. The maximum atomic E-state index is 4.53. The van der Waals surface area contributed by atoms with Crippen molar-refractivity contribution in [2.24, 2.45) is 0 Å². The molecule has 0 fully saturated rings. The van der Waals surface area contributed by atoms with E-state index in [9.17, 15) is 0 Å². The molecule has 1 nitrogen and oxygen atoms in total. The Labute approximate surface area is 127 Å². The van der Waals surface area contributed by atoms with Crippen molar-refractivity contribution in [2.45, 2.75) is 33.6 Å². The van der Waals surface area contributed by atoms with E-state index in [1.54, 1.807) is 0 Å². The average Bonchev–Trinajstić information content (AvgIpc) is 2.69. The highest BCUT2D eigenvalue weighted by Crippen LogP contribution is 2.40. The predicted octanol–water partition coefficient (Wildman–Crippen LogP) is 5.59. The summed E-state index contributed by atoms with van der Waals surface area (Å²) in [6.07, 6.45) is 1.86. The van der Waals surface area contributed by atoms with Crippen molar-refractivity contribution in [1.82, 2.24) is 4.98 Å². The van der Waals surface area contributed by atoms with Gasteiger partial charge in [0.15, 0.2) is 0 Å². The van der Waals surface area contributed by atoms with E-state index in [1.807, 2.05) is 18.3 Å². The van der Waals surface area contributed by atoms with E-state index in [4.69, 9.17) is 0 Å². The van der Waals surface area contributed by atoms with Gasteiger partial charge in [-0.3, -0.25) is 4.98 Å². The Hall–Kier alpha value is -2.15.